The second-order valence-corrected chi connectivity index (χ2v) is 5.63. The molecular weight excluding hydrogens is 220 g/mol. The Kier molecular flexibility index (Phi) is 2.87. The summed E-state index contributed by atoms with van der Waals surface area (Å²) in [6, 6.07) is 14.7. The van der Waals surface area contributed by atoms with Crippen molar-refractivity contribution in [2.75, 3.05) is 0 Å². The monoisotopic (exact) mass is 240 g/mol. The van der Waals surface area contributed by atoms with Crippen molar-refractivity contribution in [1.29, 1.82) is 0 Å². The van der Waals surface area contributed by atoms with E-state index in [0.717, 1.165) is 24.8 Å². The molecule has 0 aromatic heterocycles. The molecule has 1 nitrogen and oxygen atoms in total. The van der Waals surface area contributed by atoms with Crippen molar-refractivity contribution >= 4 is 10.8 Å². The lowest BCUT2D eigenvalue weighted by molar-refractivity contribution is -0.0468. The van der Waals surface area contributed by atoms with Crippen molar-refractivity contribution in [2.24, 2.45) is 5.92 Å². The molecule has 3 rings (SSSR count). The molecule has 0 aliphatic heterocycles. The highest BCUT2D eigenvalue weighted by molar-refractivity contribution is 5.83. The zero-order valence-electron chi connectivity index (χ0n) is 10.9. The molecule has 18 heavy (non-hydrogen) atoms. The smallest absolute Gasteiger partial charge is 0.0922 e. The van der Waals surface area contributed by atoms with Gasteiger partial charge in [-0.15, -0.1) is 0 Å². The minimum atomic E-state index is -0.623. The first-order valence-electron chi connectivity index (χ1n) is 6.92. The topological polar surface area (TPSA) is 20.2 Å². The number of rotatable bonds is 1. The number of hydrogen-bond acceptors (Lipinski definition) is 1. The van der Waals surface area contributed by atoms with Crippen molar-refractivity contribution < 1.29 is 5.11 Å². The molecule has 2 aromatic rings. The van der Waals surface area contributed by atoms with Crippen LogP contribution in [0.4, 0.5) is 0 Å². The van der Waals surface area contributed by atoms with Gasteiger partial charge in [0.15, 0.2) is 0 Å². The molecule has 2 unspecified atom stereocenters. The van der Waals surface area contributed by atoms with Gasteiger partial charge in [0.1, 0.15) is 0 Å². The molecule has 0 amide bonds. The van der Waals surface area contributed by atoms with Gasteiger partial charge in [0.25, 0.3) is 0 Å². The van der Waals surface area contributed by atoms with Crippen LogP contribution >= 0.6 is 0 Å². The van der Waals surface area contributed by atoms with Gasteiger partial charge in [0.2, 0.25) is 0 Å². The largest absolute Gasteiger partial charge is 0.385 e. The lowest BCUT2D eigenvalue weighted by Gasteiger charge is -2.38. The Morgan fingerprint density at radius 3 is 2.61 bits per heavy atom. The number of aliphatic hydroxyl groups is 1. The first-order valence-corrected chi connectivity index (χ1v) is 6.92. The molecule has 0 bridgehead atoms. The van der Waals surface area contributed by atoms with E-state index in [2.05, 4.69) is 49.4 Å². The highest BCUT2D eigenvalue weighted by Crippen LogP contribution is 2.42. The standard InChI is InChI=1S/C17H20O/c1-13-6-4-5-11-17(13,18)16-10-9-14-7-2-3-8-15(14)12-16/h2-3,7-10,12-13,18H,4-6,11H2,1H3. The average molecular weight is 240 g/mol. The molecule has 0 saturated heterocycles. The maximum Gasteiger partial charge on any atom is 0.0922 e. The Labute approximate surface area is 108 Å². The van der Waals surface area contributed by atoms with E-state index in [0.29, 0.717) is 5.92 Å². The molecule has 1 heteroatoms. The van der Waals surface area contributed by atoms with E-state index >= 15 is 0 Å². The van der Waals surface area contributed by atoms with E-state index in [1.54, 1.807) is 0 Å². The second kappa shape index (κ2) is 4.40. The van der Waals surface area contributed by atoms with E-state index < -0.39 is 5.60 Å². The fraction of sp³-hybridized carbons (Fsp3) is 0.412. The van der Waals surface area contributed by atoms with Gasteiger partial charge in [-0.25, -0.2) is 0 Å². The molecule has 1 saturated carbocycles. The van der Waals surface area contributed by atoms with Gasteiger partial charge in [0.05, 0.1) is 5.60 Å². The molecule has 2 atom stereocenters. The third-order valence-electron chi connectivity index (χ3n) is 4.51. The van der Waals surface area contributed by atoms with Gasteiger partial charge < -0.3 is 5.11 Å². The van der Waals surface area contributed by atoms with E-state index in [1.807, 2.05) is 0 Å². The average Bonchev–Trinajstić information content (AvgIpc) is 2.42. The molecule has 0 spiro atoms. The van der Waals surface area contributed by atoms with Crippen LogP contribution in [0.3, 0.4) is 0 Å². The van der Waals surface area contributed by atoms with Gasteiger partial charge in [-0.2, -0.15) is 0 Å². The molecule has 94 valence electrons. The summed E-state index contributed by atoms with van der Waals surface area (Å²) in [6.07, 6.45) is 4.40. The van der Waals surface area contributed by atoms with Gasteiger partial charge in [-0.3, -0.25) is 0 Å². The number of hydrogen-bond donors (Lipinski definition) is 1. The maximum atomic E-state index is 11.0. The number of benzene rings is 2. The Morgan fingerprint density at radius 2 is 1.83 bits per heavy atom. The first-order chi connectivity index (χ1) is 8.70. The Morgan fingerprint density at radius 1 is 1.06 bits per heavy atom. The fourth-order valence-corrected chi connectivity index (χ4v) is 3.22. The van der Waals surface area contributed by atoms with E-state index in [1.165, 1.54) is 17.2 Å². The van der Waals surface area contributed by atoms with E-state index in [4.69, 9.17) is 0 Å². The minimum Gasteiger partial charge on any atom is -0.385 e. The van der Waals surface area contributed by atoms with Crippen LogP contribution in [0.1, 0.15) is 38.2 Å². The van der Waals surface area contributed by atoms with Crippen LogP contribution in [-0.4, -0.2) is 5.11 Å². The lowest BCUT2D eigenvalue weighted by atomic mass is 9.72. The van der Waals surface area contributed by atoms with E-state index in [9.17, 15) is 5.11 Å². The zero-order chi connectivity index (χ0) is 12.6. The van der Waals surface area contributed by atoms with Crippen LogP contribution in [-0.2, 0) is 5.60 Å². The Bertz CT molecular complexity index is 560. The van der Waals surface area contributed by atoms with Crippen LogP contribution in [0.5, 0.6) is 0 Å². The third kappa shape index (κ3) is 1.83. The predicted molar refractivity (Wildman–Crippen MR) is 75.5 cm³/mol. The van der Waals surface area contributed by atoms with Crippen LogP contribution < -0.4 is 0 Å². The maximum absolute atomic E-state index is 11.0. The van der Waals surface area contributed by atoms with Gasteiger partial charge in [-0.05, 0) is 41.2 Å². The van der Waals surface area contributed by atoms with Crippen LogP contribution in [0, 0.1) is 5.92 Å². The summed E-state index contributed by atoms with van der Waals surface area (Å²) in [5.74, 6) is 0.354. The summed E-state index contributed by atoms with van der Waals surface area (Å²) in [5.41, 5.74) is 0.468. The molecule has 0 radical (unpaired) electrons. The molecule has 1 aliphatic carbocycles. The first kappa shape index (κ1) is 11.7. The van der Waals surface area contributed by atoms with Crippen molar-refractivity contribution in [2.45, 2.75) is 38.2 Å². The predicted octanol–water partition coefficient (Wildman–Crippen LogP) is 4.24. The normalized spacial score (nSPS) is 28.4. The van der Waals surface area contributed by atoms with Crippen molar-refractivity contribution in [3.05, 3.63) is 48.0 Å². The molecule has 0 heterocycles. The highest BCUT2D eigenvalue weighted by atomic mass is 16.3. The van der Waals surface area contributed by atoms with Gasteiger partial charge in [0, 0.05) is 0 Å². The molecule has 1 N–H and O–H groups in total. The molecule has 1 aliphatic rings. The third-order valence-corrected chi connectivity index (χ3v) is 4.51. The molecule has 2 aromatic carbocycles. The quantitative estimate of drug-likeness (QED) is 0.790. The van der Waals surface area contributed by atoms with Crippen molar-refractivity contribution in [3.8, 4) is 0 Å². The SMILES string of the molecule is CC1CCCCC1(O)c1ccc2ccccc2c1. The summed E-state index contributed by atoms with van der Waals surface area (Å²) in [4.78, 5) is 0. The van der Waals surface area contributed by atoms with Gasteiger partial charge in [-0.1, -0.05) is 56.2 Å². The van der Waals surface area contributed by atoms with Crippen molar-refractivity contribution in [1.82, 2.24) is 0 Å². The Balaban J connectivity index is 2.07. The summed E-state index contributed by atoms with van der Waals surface area (Å²) < 4.78 is 0. The van der Waals surface area contributed by atoms with Crippen LogP contribution in [0.25, 0.3) is 10.8 Å². The van der Waals surface area contributed by atoms with Crippen LogP contribution in [0.2, 0.25) is 0 Å². The highest BCUT2D eigenvalue weighted by Gasteiger charge is 2.37. The van der Waals surface area contributed by atoms with Gasteiger partial charge >= 0.3 is 0 Å². The molecular formula is C17H20O. The number of fused-ring (bicyclic) bond motifs is 1. The summed E-state index contributed by atoms with van der Waals surface area (Å²) in [6.45, 7) is 2.17. The van der Waals surface area contributed by atoms with Crippen LogP contribution in [0.15, 0.2) is 42.5 Å². The summed E-state index contributed by atoms with van der Waals surface area (Å²) in [5, 5.41) is 13.4. The zero-order valence-corrected chi connectivity index (χ0v) is 10.9. The second-order valence-electron chi connectivity index (χ2n) is 5.63. The molecule has 1 fully saturated rings. The van der Waals surface area contributed by atoms with E-state index in [-0.39, 0.29) is 0 Å². The minimum absolute atomic E-state index is 0.354. The van der Waals surface area contributed by atoms with Crippen molar-refractivity contribution in [3.63, 3.8) is 0 Å². The Hall–Kier alpha value is -1.34. The summed E-state index contributed by atoms with van der Waals surface area (Å²) >= 11 is 0. The lowest BCUT2D eigenvalue weighted by Crippen LogP contribution is -2.36. The fourth-order valence-electron chi connectivity index (χ4n) is 3.22. The summed E-state index contributed by atoms with van der Waals surface area (Å²) in [7, 11) is 0.